The van der Waals surface area contributed by atoms with Crippen molar-refractivity contribution in [3.8, 4) is 11.3 Å². The first-order valence-electron chi connectivity index (χ1n) is 24.3. The van der Waals surface area contributed by atoms with E-state index in [2.05, 4.69) is 30.1 Å². The lowest BCUT2D eigenvalue weighted by Gasteiger charge is -2.55. The molecule has 5 aliphatic rings. The summed E-state index contributed by atoms with van der Waals surface area (Å²) in [5.74, 6) is -6.63. The van der Waals surface area contributed by atoms with Gasteiger partial charge >= 0.3 is 12.1 Å². The van der Waals surface area contributed by atoms with Gasteiger partial charge in [0.05, 0.1) is 36.4 Å². The van der Waals surface area contributed by atoms with E-state index >= 15 is 0 Å². The minimum atomic E-state index is -1.61. The Labute approximate surface area is 412 Å². The van der Waals surface area contributed by atoms with Gasteiger partial charge in [-0.05, 0) is 101 Å². The first-order chi connectivity index (χ1) is 32.7. The zero-order chi connectivity index (χ0) is 48.3. The highest BCUT2D eigenvalue weighted by atomic mass is 127. The van der Waals surface area contributed by atoms with E-state index in [9.17, 15) is 19.2 Å². The van der Waals surface area contributed by atoms with Gasteiger partial charge in [-0.1, -0.05) is 26.0 Å². The van der Waals surface area contributed by atoms with E-state index in [-0.39, 0.29) is 24.3 Å². The Balaban J connectivity index is 0.995. The molecular formula is C48H68IN9O10. The number of unbranched alkanes of at least 4 members (excludes halogenated alkanes) is 1. The van der Waals surface area contributed by atoms with Crippen molar-refractivity contribution in [3.05, 3.63) is 48.9 Å². The molecule has 8 rings (SSSR count). The van der Waals surface area contributed by atoms with E-state index in [0.717, 1.165) is 43.1 Å². The second kappa shape index (κ2) is 22.0. The van der Waals surface area contributed by atoms with Crippen LogP contribution in [0.3, 0.4) is 0 Å². The van der Waals surface area contributed by atoms with Gasteiger partial charge in [0.25, 0.3) is 0 Å². The molecule has 5 saturated heterocycles. The Morgan fingerprint density at radius 3 is 2.46 bits per heavy atom. The molecule has 5 fully saturated rings. The summed E-state index contributed by atoms with van der Waals surface area (Å²) < 4.78 is 41.6. The highest BCUT2D eigenvalue weighted by molar-refractivity contribution is 14.1. The molecule has 0 radical (unpaired) electrons. The summed E-state index contributed by atoms with van der Waals surface area (Å²) in [7, 11) is 3.54. The SMILES string of the molecule is CO[C@]12C[C@@H](C)C(=O)[C@H](C)[C@@H]3[C@H](OC(=O)N3CCCCn3cnc(-c4cccnc4)c3)[C@@H](I)OC(=O)[C@H](C)C(=O)[C@H](C)[C@H]1O[C@@H]1O[C@H](C)C[C@H](N(C)CCc3cn(CCN4CCCC4)nn3)[C@H]1O2. The van der Waals surface area contributed by atoms with Crippen LogP contribution in [-0.2, 0) is 62.3 Å². The van der Waals surface area contributed by atoms with Gasteiger partial charge in [-0.2, -0.15) is 0 Å². The summed E-state index contributed by atoms with van der Waals surface area (Å²) in [5, 5.41) is 8.87. The number of hydrogen-bond acceptors (Lipinski definition) is 16. The Morgan fingerprint density at radius 2 is 1.71 bits per heavy atom. The molecular weight excluding hydrogens is 989 g/mol. The van der Waals surface area contributed by atoms with Crippen LogP contribution >= 0.6 is 22.6 Å². The second-order valence-electron chi connectivity index (χ2n) is 19.5. The summed E-state index contributed by atoms with van der Waals surface area (Å²) >= 11 is 1.93. The molecule has 8 heterocycles. The van der Waals surface area contributed by atoms with Gasteiger partial charge in [-0.25, -0.2) is 9.78 Å². The maximum Gasteiger partial charge on any atom is 0.410 e. The molecule has 0 bridgehead atoms. The molecule has 0 unspecified atom stereocenters. The van der Waals surface area contributed by atoms with Gasteiger partial charge in [0.1, 0.15) is 23.9 Å². The zero-order valence-electron chi connectivity index (χ0n) is 40.4. The molecule has 0 aliphatic carbocycles. The smallest absolute Gasteiger partial charge is 0.410 e. The molecule has 13 atom stereocenters. The summed E-state index contributed by atoms with van der Waals surface area (Å²) in [6, 6.07) is 2.85. The van der Waals surface area contributed by atoms with Crippen molar-refractivity contribution in [2.75, 3.05) is 46.9 Å². The highest BCUT2D eigenvalue weighted by Crippen LogP contribution is 2.45. The van der Waals surface area contributed by atoms with Crippen molar-refractivity contribution in [2.24, 2.45) is 23.7 Å². The molecule has 1 amide bonds. The summed E-state index contributed by atoms with van der Waals surface area (Å²) in [4.78, 5) is 71.9. The number of hydrogen-bond donors (Lipinski definition) is 0. The third kappa shape index (κ3) is 11.0. The first-order valence-corrected chi connectivity index (χ1v) is 25.6. The van der Waals surface area contributed by atoms with Crippen molar-refractivity contribution in [1.29, 1.82) is 0 Å². The van der Waals surface area contributed by atoms with Crippen molar-refractivity contribution in [1.82, 2.24) is 44.2 Å². The predicted molar refractivity (Wildman–Crippen MR) is 255 cm³/mol. The first kappa shape index (κ1) is 50.5. The molecule has 68 heavy (non-hydrogen) atoms. The van der Waals surface area contributed by atoms with Crippen LogP contribution in [0.15, 0.2) is 43.2 Å². The lowest BCUT2D eigenvalue weighted by Crippen LogP contribution is -2.69. The number of cyclic esters (lactones) is 1. The minimum Gasteiger partial charge on any atom is -0.447 e. The minimum absolute atomic E-state index is 0.0231. The van der Waals surface area contributed by atoms with Gasteiger partial charge in [0.2, 0.25) is 0 Å². The van der Waals surface area contributed by atoms with Gasteiger partial charge in [0, 0.05) is 100 Å². The van der Waals surface area contributed by atoms with E-state index in [1.807, 2.05) is 77.3 Å². The van der Waals surface area contributed by atoms with E-state index in [4.69, 9.17) is 28.4 Å². The molecule has 19 nitrogen and oxygen atoms in total. The van der Waals surface area contributed by atoms with Crippen LogP contribution < -0.4 is 0 Å². The fourth-order valence-corrected chi connectivity index (χ4v) is 11.6. The lowest BCUT2D eigenvalue weighted by atomic mass is 9.78. The third-order valence-corrected chi connectivity index (χ3v) is 15.7. The number of ketones is 2. The second-order valence-corrected chi connectivity index (χ2v) is 20.7. The molecule has 3 aromatic rings. The number of Topliss-reactive ketones (excluding diaryl/α,β-unsaturated/α-hetero) is 2. The largest absolute Gasteiger partial charge is 0.447 e. The van der Waals surface area contributed by atoms with Crippen LogP contribution in [0.1, 0.15) is 78.8 Å². The summed E-state index contributed by atoms with van der Waals surface area (Å²) in [6.07, 6.45) is 9.94. The number of aryl methyl sites for hydroxylation is 1. The van der Waals surface area contributed by atoms with Crippen molar-refractivity contribution in [3.63, 3.8) is 0 Å². The molecule has 372 valence electrons. The average Bonchev–Trinajstić information content (AvgIpc) is 4.18. The molecule has 0 saturated carbocycles. The number of methoxy groups -OCH3 is 1. The van der Waals surface area contributed by atoms with Crippen molar-refractivity contribution < 1.29 is 47.6 Å². The van der Waals surface area contributed by atoms with Crippen molar-refractivity contribution in [2.45, 2.75) is 145 Å². The highest BCUT2D eigenvalue weighted by Gasteiger charge is 2.60. The molecule has 5 aliphatic heterocycles. The molecule has 0 spiro atoms. The molecule has 3 aromatic heterocycles. The van der Waals surface area contributed by atoms with E-state index in [0.29, 0.717) is 45.3 Å². The Bertz CT molecular complexity index is 2210. The van der Waals surface area contributed by atoms with Gasteiger partial charge in [-0.15, -0.1) is 5.10 Å². The average molecular weight is 1060 g/mol. The normalized spacial score (nSPS) is 34.0. The quantitative estimate of drug-likeness (QED) is 0.0702. The number of likely N-dealkylation sites (tertiary alicyclic amines) is 1. The number of carbonyl (C=O) groups is 4. The number of halogens is 1. The number of esters is 1. The number of nitrogens with zero attached hydrogens (tertiary/aromatic N) is 9. The van der Waals surface area contributed by atoms with Crippen LogP contribution in [0, 0.1) is 23.7 Å². The standard InChI is InChI=1S/C48H68IN9O10/c1-29-24-48(63-7)43(66-46-41(68-48)37(23-30(2)64-46)54(6)20-14-35-26-57(53-52-35)22-21-55-16-8-9-17-55)32(4)40(60)33(5)45(61)67-44(49)42-38(31(3)39(29)59)58(47(62)65-42)19-11-10-18-56-27-36(51-28-56)34-13-12-15-50-25-34/h12-13,15,25-33,37-38,41-44,46H,8-11,14,16-24H2,1-7H3/t29-,30-,31-,32+,33-,37+,38-,41-,42+,43-,44+,46+,48+/m1/s1. The van der Waals surface area contributed by atoms with Crippen molar-refractivity contribution >= 4 is 46.2 Å². The number of pyridine rings is 1. The Hall–Kier alpha value is -3.93. The van der Waals surface area contributed by atoms with Crippen LogP contribution in [0.2, 0.25) is 0 Å². The van der Waals surface area contributed by atoms with Gasteiger partial charge < -0.3 is 47.7 Å². The molecule has 0 aromatic carbocycles. The van der Waals surface area contributed by atoms with Gasteiger partial charge in [0.15, 0.2) is 28.1 Å². The summed E-state index contributed by atoms with van der Waals surface area (Å²) in [6.45, 7) is 14.4. The predicted octanol–water partition coefficient (Wildman–Crippen LogP) is 4.80. The Morgan fingerprint density at radius 1 is 0.926 bits per heavy atom. The topological polar surface area (TPSA) is 195 Å². The van der Waals surface area contributed by atoms with Crippen LogP contribution in [0.5, 0.6) is 0 Å². The van der Waals surface area contributed by atoms with E-state index in [1.165, 1.54) is 26.9 Å². The van der Waals surface area contributed by atoms with E-state index < -0.39 is 82.1 Å². The number of carbonyl (C=O) groups excluding carboxylic acids is 4. The summed E-state index contributed by atoms with van der Waals surface area (Å²) in [5.41, 5.74) is 2.63. The molecule has 20 heteroatoms. The maximum absolute atomic E-state index is 14.9. The third-order valence-electron chi connectivity index (χ3n) is 14.7. The number of ether oxygens (including phenoxy) is 6. The number of alkyl halides is 1. The number of aromatic nitrogens is 6. The van der Waals surface area contributed by atoms with Gasteiger partial charge in [-0.3, -0.25) is 24.0 Å². The zero-order valence-corrected chi connectivity index (χ0v) is 42.5. The molecule has 0 N–H and O–H groups in total. The van der Waals surface area contributed by atoms with E-state index in [1.54, 1.807) is 37.5 Å². The fraction of sp³-hybridized carbons (Fsp3) is 0.708. The van der Waals surface area contributed by atoms with Crippen LogP contribution in [-0.4, -0.2) is 167 Å². The number of rotatable bonds is 14. The van der Waals surface area contributed by atoms with Crippen LogP contribution in [0.25, 0.3) is 11.3 Å². The fourth-order valence-electron chi connectivity index (χ4n) is 10.8. The monoisotopic (exact) mass is 1060 g/mol. The van der Waals surface area contributed by atoms with Crippen LogP contribution in [0.4, 0.5) is 4.79 Å². The maximum atomic E-state index is 14.9. The lowest BCUT2D eigenvalue weighted by molar-refractivity contribution is -0.424. The number of amides is 1. The number of fused-ring (bicyclic) bond motifs is 3. The number of likely N-dealkylation sites (N-methyl/N-ethyl adjacent to an activating group) is 1. The Kier molecular flexibility index (Phi) is 16.3. The number of imidazole rings is 1.